The van der Waals surface area contributed by atoms with Gasteiger partial charge in [0.15, 0.2) is 0 Å². The topological polar surface area (TPSA) is 37.8 Å². The summed E-state index contributed by atoms with van der Waals surface area (Å²) in [5.74, 6) is 0. The second-order valence-electron chi connectivity index (χ2n) is 3.18. The first-order valence-electron chi connectivity index (χ1n) is 4.81. The average Bonchev–Trinajstić information content (AvgIpc) is 2.15. The van der Waals surface area contributed by atoms with Crippen molar-refractivity contribution in [2.75, 3.05) is 6.54 Å². The predicted molar refractivity (Wildman–Crippen MR) is 53.4 cm³/mol. The van der Waals surface area contributed by atoms with Gasteiger partial charge in [-0.2, -0.15) is 0 Å². The molecule has 1 N–H and O–H groups in total. The first kappa shape index (κ1) is 10.1. The average molecular weight is 179 g/mol. The second-order valence-corrected chi connectivity index (χ2v) is 3.18. The molecule has 0 unspecified atom stereocenters. The Labute approximate surface area is 79.6 Å². The van der Waals surface area contributed by atoms with E-state index in [1.165, 1.54) is 12.8 Å². The summed E-state index contributed by atoms with van der Waals surface area (Å²) in [6, 6.07) is 0. The van der Waals surface area contributed by atoms with Crippen molar-refractivity contribution < 1.29 is 0 Å². The number of nitrogens with one attached hydrogen (secondary N) is 1. The van der Waals surface area contributed by atoms with Crippen LogP contribution in [0.5, 0.6) is 0 Å². The van der Waals surface area contributed by atoms with Crippen molar-refractivity contribution in [2.45, 2.75) is 33.2 Å². The van der Waals surface area contributed by atoms with E-state index >= 15 is 0 Å². The molecule has 3 nitrogen and oxygen atoms in total. The van der Waals surface area contributed by atoms with Crippen LogP contribution in [0.4, 0.5) is 0 Å². The number of unbranched alkanes of at least 4 members (excludes halogenated alkanes) is 1. The smallest absolute Gasteiger partial charge is 0.0724 e. The molecule has 72 valence electrons. The van der Waals surface area contributed by atoms with Crippen LogP contribution in [0.3, 0.4) is 0 Å². The number of hydrogen-bond acceptors (Lipinski definition) is 3. The van der Waals surface area contributed by atoms with E-state index in [4.69, 9.17) is 0 Å². The van der Waals surface area contributed by atoms with Gasteiger partial charge in [0, 0.05) is 18.9 Å². The Morgan fingerprint density at radius 2 is 2.15 bits per heavy atom. The molecule has 1 rings (SSSR count). The van der Waals surface area contributed by atoms with Gasteiger partial charge < -0.3 is 5.32 Å². The lowest BCUT2D eigenvalue weighted by Crippen LogP contribution is -2.15. The molecule has 0 aromatic carbocycles. The SMILES string of the molecule is CCCCNCc1cnc(C)cn1. The summed E-state index contributed by atoms with van der Waals surface area (Å²) in [6.07, 6.45) is 6.08. The lowest BCUT2D eigenvalue weighted by molar-refractivity contribution is 0.631. The van der Waals surface area contributed by atoms with Crippen molar-refractivity contribution in [1.82, 2.24) is 15.3 Å². The summed E-state index contributed by atoms with van der Waals surface area (Å²) >= 11 is 0. The molecule has 0 amide bonds. The van der Waals surface area contributed by atoms with Crippen molar-refractivity contribution in [3.05, 3.63) is 23.8 Å². The summed E-state index contributed by atoms with van der Waals surface area (Å²) < 4.78 is 0. The highest BCUT2D eigenvalue weighted by Crippen LogP contribution is 1.93. The third kappa shape index (κ3) is 3.99. The monoisotopic (exact) mass is 179 g/mol. The maximum Gasteiger partial charge on any atom is 0.0724 e. The number of aryl methyl sites for hydroxylation is 1. The Hall–Kier alpha value is -0.960. The van der Waals surface area contributed by atoms with Crippen molar-refractivity contribution in [3.8, 4) is 0 Å². The number of nitrogens with zero attached hydrogens (tertiary/aromatic N) is 2. The van der Waals surface area contributed by atoms with Crippen molar-refractivity contribution in [2.24, 2.45) is 0 Å². The van der Waals surface area contributed by atoms with E-state index in [1.807, 2.05) is 13.1 Å². The highest BCUT2D eigenvalue weighted by atomic mass is 14.9. The van der Waals surface area contributed by atoms with Crippen LogP contribution in [0.15, 0.2) is 12.4 Å². The van der Waals surface area contributed by atoms with Crippen LogP contribution in [0.2, 0.25) is 0 Å². The van der Waals surface area contributed by atoms with Gasteiger partial charge in [0.1, 0.15) is 0 Å². The van der Waals surface area contributed by atoms with Gasteiger partial charge in [-0.1, -0.05) is 13.3 Å². The van der Waals surface area contributed by atoms with Crippen LogP contribution >= 0.6 is 0 Å². The molecule has 0 fully saturated rings. The number of aromatic nitrogens is 2. The second kappa shape index (κ2) is 5.65. The molecule has 1 aromatic rings. The Morgan fingerprint density at radius 1 is 1.31 bits per heavy atom. The summed E-state index contributed by atoms with van der Waals surface area (Å²) in [7, 11) is 0. The zero-order valence-electron chi connectivity index (χ0n) is 8.38. The van der Waals surface area contributed by atoms with Gasteiger partial charge in [-0.3, -0.25) is 9.97 Å². The first-order chi connectivity index (χ1) is 6.33. The zero-order valence-corrected chi connectivity index (χ0v) is 8.38. The third-order valence-corrected chi connectivity index (χ3v) is 1.85. The van der Waals surface area contributed by atoms with E-state index in [9.17, 15) is 0 Å². The molecule has 0 aliphatic carbocycles. The zero-order chi connectivity index (χ0) is 9.52. The standard InChI is InChI=1S/C10H17N3/c1-3-4-5-11-7-10-8-12-9(2)6-13-10/h6,8,11H,3-5,7H2,1-2H3. The Bertz CT molecular complexity index is 230. The van der Waals surface area contributed by atoms with Gasteiger partial charge in [-0.05, 0) is 19.9 Å². The highest BCUT2D eigenvalue weighted by Gasteiger charge is 1.93. The molecule has 1 heterocycles. The molecule has 0 aliphatic rings. The molecular formula is C10H17N3. The van der Waals surface area contributed by atoms with Crippen LogP contribution in [0, 0.1) is 6.92 Å². The van der Waals surface area contributed by atoms with E-state index in [0.717, 1.165) is 24.5 Å². The van der Waals surface area contributed by atoms with Crippen LogP contribution in [0.25, 0.3) is 0 Å². The van der Waals surface area contributed by atoms with Gasteiger partial charge in [0.05, 0.1) is 11.4 Å². The van der Waals surface area contributed by atoms with Gasteiger partial charge in [0.25, 0.3) is 0 Å². The van der Waals surface area contributed by atoms with Crippen molar-refractivity contribution in [3.63, 3.8) is 0 Å². The molecular weight excluding hydrogens is 162 g/mol. The maximum atomic E-state index is 4.25. The van der Waals surface area contributed by atoms with Gasteiger partial charge in [0.2, 0.25) is 0 Å². The van der Waals surface area contributed by atoms with Crippen molar-refractivity contribution >= 4 is 0 Å². The van der Waals surface area contributed by atoms with Crippen LogP contribution < -0.4 is 5.32 Å². The third-order valence-electron chi connectivity index (χ3n) is 1.85. The minimum atomic E-state index is 0.827. The fourth-order valence-corrected chi connectivity index (χ4v) is 1.03. The van der Waals surface area contributed by atoms with Gasteiger partial charge in [-0.15, -0.1) is 0 Å². The molecule has 0 radical (unpaired) electrons. The molecule has 0 bridgehead atoms. The maximum absolute atomic E-state index is 4.25. The molecule has 0 saturated heterocycles. The number of hydrogen-bond donors (Lipinski definition) is 1. The normalized spacial score (nSPS) is 10.3. The fourth-order valence-electron chi connectivity index (χ4n) is 1.03. The number of rotatable bonds is 5. The minimum absolute atomic E-state index is 0.827. The summed E-state index contributed by atoms with van der Waals surface area (Å²) in [6.45, 7) is 6.02. The largest absolute Gasteiger partial charge is 0.311 e. The minimum Gasteiger partial charge on any atom is -0.311 e. The highest BCUT2D eigenvalue weighted by molar-refractivity contribution is 4.99. The Balaban J connectivity index is 2.25. The quantitative estimate of drug-likeness (QED) is 0.699. The van der Waals surface area contributed by atoms with Gasteiger partial charge >= 0.3 is 0 Å². The van der Waals surface area contributed by atoms with E-state index in [-0.39, 0.29) is 0 Å². The summed E-state index contributed by atoms with van der Waals surface area (Å²) in [4.78, 5) is 8.43. The van der Waals surface area contributed by atoms with E-state index < -0.39 is 0 Å². The Morgan fingerprint density at radius 3 is 2.77 bits per heavy atom. The van der Waals surface area contributed by atoms with E-state index in [1.54, 1.807) is 6.20 Å². The summed E-state index contributed by atoms with van der Waals surface area (Å²) in [5.41, 5.74) is 1.99. The van der Waals surface area contributed by atoms with Crippen LogP contribution in [0.1, 0.15) is 31.2 Å². The predicted octanol–water partition coefficient (Wildman–Crippen LogP) is 1.67. The van der Waals surface area contributed by atoms with Crippen LogP contribution in [-0.2, 0) is 6.54 Å². The molecule has 0 spiro atoms. The molecule has 0 atom stereocenters. The first-order valence-corrected chi connectivity index (χ1v) is 4.81. The van der Waals surface area contributed by atoms with E-state index in [0.29, 0.717) is 0 Å². The molecule has 3 heteroatoms. The lowest BCUT2D eigenvalue weighted by Gasteiger charge is -2.02. The molecule has 1 aromatic heterocycles. The van der Waals surface area contributed by atoms with Crippen LogP contribution in [-0.4, -0.2) is 16.5 Å². The van der Waals surface area contributed by atoms with Crippen molar-refractivity contribution in [1.29, 1.82) is 0 Å². The Kier molecular flexibility index (Phi) is 4.40. The lowest BCUT2D eigenvalue weighted by atomic mass is 10.3. The molecule has 13 heavy (non-hydrogen) atoms. The van der Waals surface area contributed by atoms with E-state index in [2.05, 4.69) is 22.2 Å². The summed E-state index contributed by atoms with van der Waals surface area (Å²) in [5, 5.41) is 3.32. The van der Waals surface area contributed by atoms with Gasteiger partial charge in [-0.25, -0.2) is 0 Å². The molecule has 0 saturated carbocycles. The fraction of sp³-hybridized carbons (Fsp3) is 0.600. The molecule has 0 aliphatic heterocycles.